The van der Waals surface area contributed by atoms with E-state index in [0.717, 1.165) is 19.5 Å². The number of carbonyl (C=O) groups is 1. The summed E-state index contributed by atoms with van der Waals surface area (Å²) in [6, 6.07) is 9.15. The third-order valence-corrected chi connectivity index (χ3v) is 5.55. The molecule has 1 N–H and O–H groups in total. The number of aryl methyl sites for hydroxylation is 1. The normalized spacial score (nSPS) is 15.8. The van der Waals surface area contributed by atoms with E-state index in [4.69, 9.17) is 0 Å². The van der Waals surface area contributed by atoms with Gasteiger partial charge in [0.1, 0.15) is 6.54 Å². The molecule has 0 radical (unpaired) electrons. The van der Waals surface area contributed by atoms with E-state index in [1.165, 1.54) is 48.6 Å². The predicted octanol–water partition coefficient (Wildman–Crippen LogP) is 3.58. The molecule has 1 aliphatic carbocycles. The van der Waals surface area contributed by atoms with Crippen molar-refractivity contribution < 1.29 is 4.79 Å². The van der Waals surface area contributed by atoms with E-state index >= 15 is 0 Å². The maximum atomic E-state index is 12.4. The summed E-state index contributed by atoms with van der Waals surface area (Å²) in [4.78, 5) is 14.8. The van der Waals surface area contributed by atoms with Crippen LogP contribution in [-0.4, -0.2) is 41.6 Å². The van der Waals surface area contributed by atoms with Gasteiger partial charge in [-0.05, 0) is 43.3 Å². The Labute approximate surface area is 151 Å². The van der Waals surface area contributed by atoms with Crippen molar-refractivity contribution in [2.75, 3.05) is 20.1 Å². The minimum Gasteiger partial charge on any atom is -0.353 e. The van der Waals surface area contributed by atoms with Crippen molar-refractivity contribution in [3.8, 4) is 0 Å². The first-order chi connectivity index (χ1) is 12.2. The molecule has 4 heteroatoms. The molecule has 1 amide bonds. The highest BCUT2D eigenvalue weighted by Crippen LogP contribution is 2.22. The van der Waals surface area contributed by atoms with E-state index in [0.29, 0.717) is 12.6 Å². The quantitative estimate of drug-likeness (QED) is 0.836. The molecular formula is C21H31N3O. The van der Waals surface area contributed by atoms with Gasteiger partial charge in [-0.15, -0.1) is 0 Å². The van der Waals surface area contributed by atoms with E-state index in [1.54, 1.807) is 0 Å². The SMILES string of the molecule is CCc1cccc2ccn(CC(=O)NCCN(C)C3CCCCC3)c12. The first kappa shape index (κ1) is 18.0. The third-order valence-electron chi connectivity index (χ3n) is 5.55. The molecule has 0 bridgehead atoms. The molecule has 0 atom stereocenters. The molecule has 0 unspecified atom stereocenters. The number of amides is 1. The van der Waals surface area contributed by atoms with Crippen LogP contribution in [0.5, 0.6) is 0 Å². The molecule has 3 rings (SSSR count). The maximum absolute atomic E-state index is 12.4. The second kappa shape index (κ2) is 8.52. The molecule has 0 spiro atoms. The molecule has 1 fully saturated rings. The second-order valence-corrected chi connectivity index (χ2v) is 7.27. The van der Waals surface area contributed by atoms with Crippen LogP contribution in [-0.2, 0) is 17.8 Å². The summed E-state index contributed by atoms with van der Waals surface area (Å²) in [6.07, 6.45) is 9.70. The van der Waals surface area contributed by atoms with E-state index in [1.807, 2.05) is 6.20 Å². The summed E-state index contributed by atoms with van der Waals surface area (Å²) in [5.74, 6) is 0.0976. The fourth-order valence-corrected chi connectivity index (χ4v) is 4.04. The minimum atomic E-state index is 0.0976. The smallest absolute Gasteiger partial charge is 0.239 e. The van der Waals surface area contributed by atoms with Crippen LogP contribution in [0.25, 0.3) is 10.9 Å². The number of hydrogen-bond acceptors (Lipinski definition) is 2. The van der Waals surface area contributed by atoms with Crippen molar-refractivity contribution >= 4 is 16.8 Å². The Morgan fingerprint density at radius 1 is 1.24 bits per heavy atom. The fraction of sp³-hybridized carbons (Fsp3) is 0.571. The van der Waals surface area contributed by atoms with Gasteiger partial charge in [0.2, 0.25) is 5.91 Å². The number of likely N-dealkylation sites (N-methyl/N-ethyl adjacent to an activating group) is 1. The van der Waals surface area contributed by atoms with E-state index in [9.17, 15) is 4.79 Å². The summed E-state index contributed by atoms with van der Waals surface area (Å²) in [7, 11) is 2.19. The van der Waals surface area contributed by atoms with Crippen molar-refractivity contribution in [2.24, 2.45) is 0 Å². The Hall–Kier alpha value is -1.81. The zero-order chi connectivity index (χ0) is 17.6. The van der Waals surface area contributed by atoms with Crippen LogP contribution in [0.3, 0.4) is 0 Å². The average molecular weight is 341 g/mol. The molecule has 1 saturated carbocycles. The Balaban J connectivity index is 1.51. The largest absolute Gasteiger partial charge is 0.353 e. The van der Waals surface area contributed by atoms with E-state index in [2.05, 4.69) is 53.0 Å². The topological polar surface area (TPSA) is 37.3 Å². The van der Waals surface area contributed by atoms with Gasteiger partial charge in [0, 0.05) is 25.3 Å². The number of rotatable bonds is 7. The summed E-state index contributed by atoms with van der Waals surface area (Å²) in [5.41, 5.74) is 2.49. The Bertz CT molecular complexity index is 700. The van der Waals surface area contributed by atoms with Gasteiger partial charge in [0.15, 0.2) is 0 Å². The summed E-state index contributed by atoms with van der Waals surface area (Å²) in [6.45, 7) is 4.22. The molecule has 1 aromatic heterocycles. The van der Waals surface area contributed by atoms with Gasteiger partial charge < -0.3 is 14.8 Å². The predicted molar refractivity (Wildman–Crippen MR) is 104 cm³/mol. The van der Waals surface area contributed by atoms with Gasteiger partial charge in [-0.1, -0.05) is 44.4 Å². The summed E-state index contributed by atoms with van der Waals surface area (Å²) >= 11 is 0. The average Bonchev–Trinajstić information content (AvgIpc) is 3.05. The lowest BCUT2D eigenvalue weighted by molar-refractivity contribution is -0.121. The highest BCUT2D eigenvalue weighted by atomic mass is 16.1. The molecule has 136 valence electrons. The van der Waals surface area contributed by atoms with Crippen molar-refractivity contribution in [3.63, 3.8) is 0 Å². The van der Waals surface area contributed by atoms with Gasteiger partial charge in [-0.2, -0.15) is 0 Å². The monoisotopic (exact) mass is 341 g/mol. The number of aromatic nitrogens is 1. The van der Waals surface area contributed by atoms with Gasteiger partial charge in [-0.25, -0.2) is 0 Å². The Morgan fingerprint density at radius 2 is 2.04 bits per heavy atom. The molecule has 0 aliphatic heterocycles. The molecule has 2 aromatic rings. The van der Waals surface area contributed by atoms with Gasteiger partial charge >= 0.3 is 0 Å². The van der Waals surface area contributed by atoms with Crippen LogP contribution in [0.4, 0.5) is 0 Å². The number of benzene rings is 1. The van der Waals surface area contributed by atoms with Crippen LogP contribution >= 0.6 is 0 Å². The van der Waals surface area contributed by atoms with Crippen molar-refractivity contribution in [1.82, 2.24) is 14.8 Å². The van der Waals surface area contributed by atoms with Gasteiger partial charge in [0.05, 0.1) is 5.52 Å². The van der Waals surface area contributed by atoms with Crippen LogP contribution < -0.4 is 5.32 Å². The molecule has 0 saturated heterocycles. The fourth-order valence-electron chi connectivity index (χ4n) is 4.04. The number of para-hydroxylation sites is 1. The van der Waals surface area contributed by atoms with Crippen LogP contribution in [0.15, 0.2) is 30.5 Å². The zero-order valence-electron chi connectivity index (χ0n) is 15.6. The molecule has 4 nitrogen and oxygen atoms in total. The van der Waals surface area contributed by atoms with Crippen molar-refractivity contribution in [2.45, 2.75) is 58.0 Å². The van der Waals surface area contributed by atoms with Crippen molar-refractivity contribution in [3.05, 3.63) is 36.0 Å². The first-order valence-corrected chi connectivity index (χ1v) is 9.72. The van der Waals surface area contributed by atoms with Gasteiger partial charge in [-0.3, -0.25) is 4.79 Å². The number of carbonyl (C=O) groups excluding carboxylic acids is 1. The molecule has 25 heavy (non-hydrogen) atoms. The maximum Gasteiger partial charge on any atom is 0.239 e. The number of fused-ring (bicyclic) bond motifs is 1. The van der Waals surface area contributed by atoms with Crippen LogP contribution in [0.1, 0.15) is 44.6 Å². The van der Waals surface area contributed by atoms with E-state index in [-0.39, 0.29) is 5.91 Å². The lowest BCUT2D eigenvalue weighted by Crippen LogP contribution is -2.40. The summed E-state index contributed by atoms with van der Waals surface area (Å²) < 4.78 is 2.08. The molecule has 1 aromatic carbocycles. The second-order valence-electron chi connectivity index (χ2n) is 7.27. The third kappa shape index (κ3) is 4.43. The van der Waals surface area contributed by atoms with E-state index < -0.39 is 0 Å². The highest BCUT2D eigenvalue weighted by Gasteiger charge is 2.17. The highest BCUT2D eigenvalue weighted by molar-refractivity contribution is 5.85. The Morgan fingerprint density at radius 3 is 2.80 bits per heavy atom. The number of nitrogens with one attached hydrogen (secondary N) is 1. The number of nitrogens with zero attached hydrogens (tertiary/aromatic N) is 2. The number of hydrogen-bond donors (Lipinski definition) is 1. The lowest BCUT2D eigenvalue weighted by Gasteiger charge is -2.31. The minimum absolute atomic E-state index is 0.0976. The molecule has 1 aliphatic rings. The first-order valence-electron chi connectivity index (χ1n) is 9.72. The van der Waals surface area contributed by atoms with Crippen LogP contribution in [0, 0.1) is 0 Å². The standard InChI is InChI=1S/C21H31N3O/c1-3-17-8-7-9-18-12-14-24(21(17)18)16-20(25)22-13-15-23(2)19-10-5-4-6-11-19/h7-9,12,14,19H,3-6,10-11,13,15-16H2,1-2H3,(H,22,25). The lowest BCUT2D eigenvalue weighted by atomic mass is 9.94. The van der Waals surface area contributed by atoms with Crippen LogP contribution in [0.2, 0.25) is 0 Å². The molecule has 1 heterocycles. The summed E-state index contributed by atoms with van der Waals surface area (Å²) in [5, 5.41) is 4.30. The van der Waals surface area contributed by atoms with Gasteiger partial charge in [0.25, 0.3) is 0 Å². The zero-order valence-corrected chi connectivity index (χ0v) is 15.6. The Kier molecular flexibility index (Phi) is 6.14. The molecular weight excluding hydrogens is 310 g/mol. The van der Waals surface area contributed by atoms with Crippen molar-refractivity contribution in [1.29, 1.82) is 0 Å².